The number of carbonyl (C=O) groups excluding carboxylic acids is 1. The number of aromatic nitrogens is 1. The molecule has 7 heteroatoms. The zero-order valence-electron chi connectivity index (χ0n) is 8.42. The average molecular weight is 241 g/mol. The second kappa shape index (κ2) is 4.58. The minimum absolute atomic E-state index is 0.253. The van der Waals surface area contributed by atoms with E-state index in [0.29, 0.717) is 24.5 Å². The molecule has 1 aliphatic rings. The minimum atomic E-state index is -0.981. The summed E-state index contributed by atoms with van der Waals surface area (Å²) in [6.45, 7) is 1.32. The van der Waals surface area contributed by atoms with Crippen molar-refractivity contribution in [1.29, 1.82) is 0 Å². The van der Waals surface area contributed by atoms with Crippen LogP contribution in [0.5, 0.6) is 0 Å². The highest BCUT2D eigenvalue weighted by molar-refractivity contribution is 7.11. The first-order chi connectivity index (χ1) is 7.70. The fraction of sp³-hybridized carbons (Fsp3) is 0.444. The Balaban J connectivity index is 2.17. The van der Waals surface area contributed by atoms with Gasteiger partial charge in [0, 0.05) is 19.6 Å². The standard InChI is InChI=1S/C9H11N3O3S/c13-8(7-4-11-5-16-7)12-2-1-10-3-6(12)9(14)15/h4-6,10H,1-3H2,(H,14,15). The molecule has 0 spiro atoms. The molecule has 1 aliphatic heterocycles. The summed E-state index contributed by atoms with van der Waals surface area (Å²) >= 11 is 1.22. The van der Waals surface area contributed by atoms with Gasteiger partial charge in [-0.2, -0.15) is 0 Å². The van der Waals surface area contributed by atoms with E-state index in [0.717, 1.165) is 0 Å². The summed E-state index contributed by atoms with van der Waals surface area (Å²) < 4.78 is 0. The van der Waals surface area contributed by atoms with Crippen LogP contribution in [0.3, 0.4) is 0 Å². The topological polar surface area (TPSA) is 82.5 Å². The lowest BCUT2D eigenvalue weighted by molar-refractivity contribution is -0.142. The average Bonchev–Trinajstić information content (AvgIpc) is 2.81. The monoisotopic (exact) mass is 241 g/mol. The summed E-state index contributed by atoms with van der Waals surface area (Å²) in [5.74, 6) is -1.23. The molecule has 6 nitrogen and oxygen atoms in total. The molecule has 1 aromatic heterocycles. The number of amides is 1. The van der Waals surface area contributed by atoms with Crippen LogP contribution < -0.4 is 5.32 Å². The minimum Gasteiger partial charge on any atom is -0.480 e. The normalized spacial score (nSPS) is 20.8. The number of carboxylic acid groups (broad SMARTS) is 1. The van der Waals surface area contributed by atoms with Gasteiger partial charge >= 0.3 is 5.97 Å². The van der Waals surface area contributed by atoms with Crippen molar-refractivity contribution in [3.63, 3.8) is 0 Å². The number of carboxylic acids is 1. The molecule has 2 rings (SSSR count). The SMILES string of the molecule is O=C(O)C1CNCCN1C(=O)c1cncs1. The van der Waals surface area contributed by atoms with Gasteiger partial charge in [-0.3, -0.25) is 9.78 Å². The second-order valence-corrected chi connectivity index (χ2v) is 4.31. The van der Waals surface area contributed by atoms with Gasteiger partial charge in [0.25, 0.3) is 5.91 Å². The fourth-order valence-corrected chi connectivity index (χ4v) is 2.21. The lowest BCUT2D eigenvalue weighted by Crippen LogP contribution is -2.56. The molecule has 0 bridgehead atoms. The summed E-state index contributed by atoms with van der Waals surface area (Å²) in [6, 6.07) is -0.789. The Morgan fingerprint density at radius 1 is 1.62 bits per heavy atom. The van der Waals surface area contributed by atoms with E-state index in [1.165, 1.54) is 22.4 Å². The number of thiazole rings is 1. The Hall–Kier alpha value is -1.47. The lowest BCUT2D eigenvalue weighted by atomic mass is 10.2. The third-order valence-electron chi connectivity index (χ3n) is 2.43. The van der Waals surface area contributed by atoms with Crippen LogP contribution in [0.2, 0.25) is 0 Å². The van der Waals surface area contributed by atoms with Gasteiger partial charge < -0.3 is 15.3 Å². The van der Waals surface area contributed by atoms with E-state index in [2.05, 4.69) is 10.3 Å². The molecule has 1 aromatic rings. The Morgan fingerprint density at radius 3 is 3.06 bits per heavy atom. The predicted molar refractivity (Wildman–Crippen MR) is 57.4 cm³/mol. The molecule has 1 amide bonds. The molecule has 0 aromatic carbocycles. The molecule has 86 valence electrons. The number of carbonyl (C=O) groups is 2. The predicted octanol–water partition coefficient (Wildman–Crippen LogP) is -0.358. The third kappa shape index (κ3) is 2.05. The molecule has 1 atom stereocenters. The van der Waals surface area contributed by atoms with Crippen molar-refractivity contribution >= 4 is 23.2 Å². The molecule has 2 N–H and O–H groups in total. The molecule has 1 unspecified atom stereocenters. The number of piperazine rings is 1. The zero-order valence-corrected chi connectivity index (χ0v) is 9.24. The van der Waals surface area contributed by atoms with Gasteiger partial charge in [-0.25, -0.2) is 4.79 Å². The van der Waals surface area contributed by atoms with Crippen LogP contribution in [0.4, 0.5) is 0 Å². The summed E-state index contributed by atoms with van der Waals surface area (Å²) in [6.07, 6.45) is 1.47. The summed E-state index contributed by atoms with van der Waals surface area (Å²) in [5, 5.41) is 12.0. The van der Waals surface area contributed by atoms with Crippen LogP contribution >= 0.6 is 11.3 Å². The maximum absolute atomic E-state index is 12.0. The van der Waals surface area contributed by atoms with Crippen molar-refractivity contribution < 1.29 is 14.7 Å². The van der Waals surface area contributed by atoms with Gasteiger partial charge in [0.2, 0.25) is 0 Å². The van der Waals surface area contributed by atoms with Crippen LogP contribution in [0.25, 0.3) is 0 Å². The summed E-state index contributed by atoms with van der Waals surface area (Å²) in [5.41, 5.74) is 1.56. The van der Waals surface area contributed by atoms with Crippen molar-refractivity contribution in [3.05, 3.63) is 16.6 Å². The van der Waals surface area contributed by atoms with Gasteiger partial charge in [-0.05, 0) is 0 Å². The highest BCUT2D eigenvalue weighted by Gasteiger charge is 2.32. The molecule has 2 heterocycles. The Labute approximate surface area is 95.9 Å². The highest BCUT2D eigenvalue weighted by Crippen LogP contribution is 2.13. The smallest absolute Gasteiger partial charge is 0.327 e. The number of hydrogen-bond donors (Lipinski definition) is 2. The quantitative estimate of drug-likeness (QED) is 0.739. The van der Waals surface area contributed by atoms with Gasteiger partial charge in [0.1, 0.15) is 10.9 Å². The number of aliphatic carboxylic acids is 1. The van der Waals surface area contributed by atoms with Crippen molar-refractivity contribution in [1.82, 2.24) is 15.2 Å². The maximum atomic E-state index is 12.0. The molecule has 0 aliphatic carbocycles. The van der Waals surface area contributed by atoms with Crippen LogP contribution in [0.15, 0.2) is 11.7 Å². The van der Waals surface area contributed by atoms with Crippen LogP contribution in [-0.2, 0) is 4.79 Å². The largest absolute Gasteiger partial charge is 0.480 e. The van der Waals surface area contributed by atoms with E-state index in [1.54, 1.807) is 5.51 Å². The Kier molecular flexibility index (Phi) is 3.16. The summed E-state index contributed by atoms with van der Waals surface area (Å²) in [4.78, 5) is 28.7. The van der Waals surface area contributed by atoms with Crippen LogP contribution in [0, 0.1) is 0 Å². The molecule has 0 radical (unpaired) electrons. The molecule has 1 saturated heterocycles. The fourth-order valence-electron chi connectivity index (χ4n) is 1.63. The van der Waals surface area contributed by atoms with E-state index >= 15 is 0 Å². The van der Waals surface area contributed by atoms with E-state index in [4.69, 9.17) is 5.11 Å². The Morgan fingerprint density at radius 2 is 2.44 bits per heavy atom. The molecular formula is C9H11N3O3S. The molecule has 0 saturated carbocycles. The second-order valence-electron chi connectivity index (χ2n) is 3.42. The number of nitrogens with one attached hydrogen (secondary N) is 1. The molecule has 1 fully saturated rings. The van der Waals surface area contributed by atoms with Gasteiger partial charge in [-0.1, -0.05) is 0 Å². The zero-order chi connectivity index (χ0) is 11.5. The number of rotatable bonds is 2. The van der Waals surface area contributed by atoms with Crippen LogP contribution in [-0.4, -0.2) is 52.5 Å². The van der Waals surface area contributed by atoms with Crippen molar-refractivity contribution in [2.75, 3.05) is 19.6 Å². The first kappa shape index (κ1) is 11.0. The maximum Gasteiger partial charge on any atom is 0.327 e. The van der Waals surface area contributed by atoms with E-state index in [1.807, 2.05) is 0 Å². The van der Waals surface area contributed by atoms with E-state index in [-0.39, 0.29) is 5.91 Å². The van der Waals surface area contributed by atoms with Gasteiger partial charge in [0.05, 0.1) is 11.7 Å². The number of hydrogen-bond acceptors (Lipinski definition) is 5. The van der Waals surface area contributed by atoms with E-state index in [9.17, 15) is 9.59 Å². The summed E-state index contributed by atoms with van der Waals surface area (Å²) in [7, 11) is 0. The van der Waals surface area contributed by atoms with Crippen LogP contribution in [0.1, 0.15) is 9.67 Å². The van der Waals surface area contributed by atoms with Crippen molar-refractivity contribution in [3.8, 4) is 0 Å². The van der Waals surface area contributed by atoms with Gasteiger partial charge in [0.15, 0.2) is 0 Å². The lowest BCUT2D eigenvalue weighted by Gasteiger charge is -2.33. The number of nitrogens with zero attached hydrogens (tertiary/aromatic N) is 2. The highest BCUT2D eigenvalue weighted by atomic mass is 32.1. The third-order valence-corrected chi connectivity index (χ3v) is 3.19. The molecule has 16 heavy (non-hydrogen) atoms. The first-order valence-corrected chi connectivity index (χ1v) is 5.71. The first-order valence-electron chi connectivity index (χ1n) is 4.83. The Bertz CT molecular complexity index is 393. The molecular weight excluding hydrogens is 230 g/mol. The van der Waals surface area contributed by atoms with Gasteiger partial charge in [-0.15, -0.1) is 11.3 Å². The van der Waals surface area contributed by atoms with Crippen molar-refractivity contribution in [2.45, 2.75) is 6.04 Å². The van der Waals surface area contributed by atoms with Crippen molar-refractivity contribution in [2.24, 2.45) is 0 Å². The van der Waals surface area contributed by atoms with E-state index < -0.39 is 12.0 Å².